The van der Waals surface area contributed by atoms with Gasteiger partial charge in [0.2, 0.25) is 5.91 Å². The second-order valence-corrected chi connectivity index (χ2v) is 6.86. The first-order chi connectivity index (χ1) is 8.35. The molecule has 4 heteroatoms. The molecule has 2 fully saturated rings. The molecule has 104 valence electrons. The highest BCUT2D eigenvalue weighted by atomic mass is 16.2. The molecule has 0 aromatic carbocycles. The third kappa shape index (κ3) is 3.04. The predicted molar refractivity (Wildman–Crippen MR) is 73.5 cm³/mol. The average molecular weight is 253 g/mol. The van der Waals surface area contributed by atoms with E-state index in [-0.39, 0.29) is 5.91 Å². The summed E-state index contributed by atoms with van der Waals surface area (Å²) in [7, 11) is 4.16. The van der Waals surface area contributed by atoms with Gasteiger partial charge in [0.05, 0.1) is 5.54 Å². The highest BCUT2D eigenvalue weighted by molar-refractivity contribution is 5.86. The van der Waals surface area contributed by atoms with E-state index in [2.05, 4.69) is 29.2 Å². The van der Waals surface area contributed by atoms with Gasteiger partial charge in [-0.2, -0.15) is 0 Å². The zero-order valence-electron chi connectivity index (χ0n) is 12.3. The van der Waals surface area contributed by atoms with Crippen LogP contribution in [0.2, 0.25) is 0 Å². The lowest BCUT2D eigenvalue weighted by atomic mass is 10.0. The van der Waals surface area contributed by atoms with E-state index in [1.54, 1.807) is 0 Å². The van der Waals surface area contributed by atoms with E-state index < -0.39 is 5.54 Å². The van der Waals surface area contributed by atoms with Crippen LogP contribution in [0, 0.1) is 5.41 Å². The highest BCUT2D eigenvalue weighted by Gasteiger charge is 2.49. The van der Waals surface area contributed by atoms with Crippen LogP contribution in [0.5, 0.6) is 0 Å². The van der Waals surface area contributed by atoms with E-state index >= 15 is 0 Å². The molecule has 2 rings (SSSR count). The Labute approximate surface area is 111 Å². The summed E-state index contributed by atoms with van der Waals surface area (Å²) in [4.78, 5) is 16.8. The van der Waals surface area contributed by atoms with Crippen molar-refractivity contribution in [3.63, 3.8) is 0 Å². The monoisotopic (exact) mass is 253 g/mol. The van der Waals surface area contributed by atoms with Gasteiger partial charge >= 0.3 is 0 Å². The van der Waals surface area contributed by atoms with Gasteiger partial charge in [0.15, 0.2) is 0 Å². The second-order valence-electron chi connectivity index (χ2n) is 6.86. The largest absolute Gasteiger partial charge is 0.340 e. The number of hydrogen-bond donors (Lipinski definition) is 1. The van der Waals surface area contributed by atoms with E-state index in [1.807, 2.05) is 13.8 Å². The molecule has 1 amide bonds. The Kier molecular flexibility index (Phi) is 3.70. The predicted octanol–water partition coefficient (Wildman–Crippen LogP) is 0.929. The van der Waals surface area contributed by atoms with Gasteiger partial charge in [0.1, 0.15) is 0 Å². The van der Waals surface area contributed by atoms with Gasteiger partial charge in [-0.25, -0.2) is 0 Å². The van der Waals surface area contributed by atoms with Gasteiger partial charge in [0, 0.05) is 25.0 Å². The Morgan fingerprint density at radius 2 is 2.00 bits per heavy atom. The van der Waals surface area contributed by atoms with Crippen molar-refractivity contribution in [2.75, 3.05) is 40.3 Å². The van der Waals surface area contributed by atoms with Crippen LogP contribution in [-0.2, 0) is 4.79 Å². The minimum atomic E-state index is -0.399. The zero-order valence-corrected chi connectivity index (χ0v) is 12.3. The number of rotatable bonds is 4. The van der Waals surface area contributed by atoms with Crippen molar-refractivity contribution in [3.05, 3.63) is 0 Å². The maximum Gasteiger partial charge on any atom is 0.242 e. The van der Waals surface area contributed by atoms with Gasteiger partial charge in [-0.1, -0.05) is 0 Å². The van der Waals surface area contributed by atoms with Gasteiger partial charge in [-0.3, -0.25) is 4.79 Å². The Hall–Kier alpha value is -0.610. The minimum Gasteiger partial charge on any atom is -0.340 e. The van der Waals surface area contributed by atoms with Gasteiger partial charge in [-0.15, -0.1) is 0 Å². The van der Waals surface area contributed by atoms with Crippen LogP contribution in [0.4, 0.5) is 0 Å². The first-order valence-electron chi connectivity index (χ1n) is 7.04. The fourth-order valence-electron chi connectivity index (χ4n) is 2.68. The average Bonchev–Trinajstić information content (AvgIpc) is 3.04. The summed E-state index contributed by atoms with van der Waals surface area (Å²) in [6.07, 6.45) is 3.60. The maximum absolute atomic E-state index is 12.5. The molecule has 0 bridgehead atoms. The molecule has 0 aromatic heterocycles. The van der Waals surface area contributed by atoms with E-state index in [0.717, 1.165) is 32.6 Å². The van der Waals surface area contributed by atoms with Gasteiger partial charge < -0.3 is 15.1 Å². The number of nitrogens with zero attached hydrogens (tertiary/aromatic N) is 2. The molecule has 1 spiro atoms. The molecule has 1 saturated heterocycles. The Morgan fingerprint density at radius 3 is 2.56 bits per heavy atom. The van der Waals surface area contributed by atoms with Crippen LogP contribution in [0.1, 0.15) is 33.1 Å². The van der Waals surface area contributed by atoms with Gasteiger partial charge in [0.25, 0.3) is 0 Å². The molecular weight excluding hydrogens is 226 g/mol. The van der Waals surface area contributed by atoms with Crippen molar-refractivity contribution in [2.45, 2.75) is 38.6 Å². The summed E-state index contributed by atoms with van der Waals surface area (Å²) in [6, 6.07) is 0. The summed E-state index contributed by atoms with van der Waals surface area (Å²) < 4.78 is 0. The third-order valence-electron chi connectivity index (χ3n) is 4.24. The lowest BCUT2D eigenvalue weighted by molar-refractivity contribution is -0.136. The number of carbonyl (C=O) groups is 1. The molecule has 18 heavy (non-hydrogen) atoms. The summed E-state index contributed by atoms with van der Waals surface area (Å²) >= 11 is 0. The van der Waals surface area contributed by atoms with Crippen LogP contribution >= 0.6 is 0 Å². The van der Waals surface area contributed by atoms with E-state index in [9.17, 15) is 4.79 Å². The standard InChI is InChI=1S/C14H27N3O/c1-13(2)12(18)17(9-5-8-16(3)4)11-14(6-7-14)10-15-13/h15H,5-11H2,1-4H3. The van der Waals surface area contributed by atoms with Crippen molar-refractivity contribution in [1.82, 2.24) is 15.1 Å². The van der Waals surface area contributed by atoms with Crippen LogP contribution in [-0.4, -0.2) is 61.5 Å². The Bertz CT molecular complexity index is 321. The smallest absolute Gasteiger partial charge is 0.242 e. The topological polar surface area (TPSA) is 35.6 Å². The van der Waals surface area contributed by atoms with Crippen LogP contribution in [0.3, 0.4) is 0 Å². The molecule has 1 heterocycles. The first-order valence-corrected chi connectivity index (χ1v) is 7.04. The first kappa shape index (κ1) is 13.8. The number of hydrogen-bond acceptors (Lipinski definition) is 3. The third-order valence-corrected chi connectivity index (χ3v) is 4.24. The zero-order chi connectivity index (χ0) is 13.4. The molecule has 1 saturated carbocycles. The lowest BCUT2D eigenvalue weighted by Crippen LogP contribution is -2.51. The molecule has 0 aromatic rings. The van der Waals surface area contributed by atoms with E-state index in [0.29, 0.717) is 5.41 Å². The number of amides is 1. The van der Waals surface area contributed by atoms with Gasteiger partial charge in [-0.05, 0) is 53.8 Å². The fourth-order valence-corrected chi connectivity index (χ4v) is 2.68. The van der Waals surface area contributed by atoms with Crippen molar-refractivity contribution in [1.29, 1.82) is 0 Å². The maximum atomic E-state index is 12.5. The van der Waals surface area contributed by atoms with Crippen LogP contribution in [0.15, 0.2) is 0 Å². The number of carbonyl (C=O) groups excluding carboxylic acids is 1. The summed E-state index contributed by atoms with van der Waals surface area (Å²) in [5, 5.41) is 3.45. The Balaban J connectivity index is 1.98. The summed E-state index contributed by atoms with van der Waals surface area (Å²) in [5.74, 6) is 0.269. The quantitative estimate of drug-likeness (QED) is 0.809. The number of nitrogens with one attached hydrogen (secondary N) is 1. The second kappa shape index (κ2) is 4.82. The van der Waals surface area contributed by atoms with Crippen molar-refractivity contribution in [3.8, 4) is 0 Å². The lowest BCUT2D eigenvalue weighted by Gasteiger charge is -2.29. The molecule has 0 atom stereocenters. The highest BCUT2D eigenvalue weighted by Crippen LogP contribution is 2.47. The molecule has 1 N–H and O–H groups in total. The molecular formula is C14H27N3O. The molecule has 4 nitrogen and oxygen atoms in total. The van der Waals surface area contributed by atoms with E-state index in [4.69, 9.17) is 0 Å². The van der Waals surface area contributed by atoms with Crippen molar-refractivity contribution >= 4 is 5.91 Å². The molecule has 1 aliphatic heterocycles. The van der Waals surface area contributed by atoms with Crippen LogP contribution < -0.4 is 5.32 Å². The summed E-state index contributed by atoms with van der Waals surface area (Å²) in [6.45, 7) is 7.91. The van der Waals surface area contributed by atoms with Crippen LogP contribution in [0.25, 0.3) is 0 Å². The summed E-state index contributed by atoms with van der Waals surface area (Å²) in [5.41, 5.74) is -0.00818. The normalized spacial score (nSPS) is 25.6. The SMILES string of the molecule is CN(C)CCCN1CC2(CC2)CNC(C)(C)C1=O. The van der Waals surface area contributed by atoms with Crippen molar-refractivity contribution in [2.24, 2.45) is 5.41 Å². The van der Waals surface area contributed by atoms with Crippen molar-refractivity contribution < 1.29 is 4.79 Å². The molecule has 1 aliphatic carbocycles. The molecule has 0 radical (unpaired) electrons. The fraction of sp³-hybridized carbons (Fsp3) is 0.929. The molecule has 0 unspecified atom stereocenters. The van der Waals surface area contributed by atoms with E-state index in [1.165, 1.54) is 12.8 Å². The minimum absolute atomic E-state index is 0.269. The Morgan fingerprint density at radius 1 is 1.33 bits per heavy atom. The molecule has 2 aliphatic rings.